The summed E-state index contributed by atoms with van der Waals surface area (Å²) in [5.74, 6) is -1.58. The Morgan fingerprint density at radius 2 is 1.97 bits per heavy atom. The molecule has 1 aliphatic rings. The summed E-state index contributed by atoms with van der Waals surface area (Å²) in [5, 5.41) is 12.0. The van der Waals surface area contributed by atoms with Crippen molar-refractivity contribution in [2.24, 2.45) is 0 Å². The number of aliphatic hydroxyl groups is 1. The fraction of sp³-hybridized carbons (Fsp3) is 0.0800. The lowest BCUT2D eigenvalue weighted by molar-refractivity contribution is -0.117. The van der Waals surface area contributed by atoms with E-state index in [0.29, 0.717) is 16.5 Å². The lowest BCUT2D eigenvalue weighted by Crippen LogP contribution is -2.30. The van der Waals surface area contributed by atoms with Crippen LogP contribution in [0.15, 0.2) is 87.1 Å². The van der Waals surface area contributed by atoms with Gasteiger partial charge in [0.05, 0.1) is 22.1 Å². The normalized spacial score (nSPS) is 16.5. The molecule has 4 heterocycles. The average molecular weight is 456 g/mol. The Morgan fingerprint density at radius 3 is 2.76 bits per heavy atom. The summed E-state index contributed by atoms with van der Waals surface area (Å²) in [7, 11) is 0. The van der Waals surface area contributed by atoms with E-state index in [1.165, 1.54) is 22.5 Å². The molecule has 0 saturated heterocycles. The number of para-hydroxylation sites is 1. The molecule has 0 fully saturated rings. The summed E-state index contributed by atoms with van der Waals surface area (Å²) in [6.45, 7) is 1.98. The number of furan rings is 2. The number of fused-ring (bicyclic) bond motifs is 2. The molecule has 33 heavy (non-hydrogen) atoms. The van der Waals surface area contributed by atoms with Gasteiger partial charge in [0, 0.05) is 5.39 Å². The van der Waals surface area contributed by atoms with E-state index >= 15 is 0 Å². The van der Waals surface area contributed by atoms with Crippen molar-refractivity contribution in [2.75, 3.05) is 4.90 Å². The lowest BCUT2D eigenvalue weighted by Gasteiger charge is -2.21. The van der Waals surface area contributed by atoms with Crippen molar-refractivity contribution < 1.29 is 23.5 Å². The highest BCUT2D eigenvalue weighted by atomic mass is 32.1. The molecule has 3 aromatic heterocycles. The van der Waals surface area contributed by atoms with Crippen LogP contribution in [-0.2, 0) is 4.79 Å². The lowest BCUT2D eigenvalue weighted by atomic mass is 10.00. The summed E-state index contributed by atoms with van der Waals surface area (Å²) in [6.07, 6.45) is 1.46. The SMILES string of the molecule is Cc1ccc2nc(N3C(=O)C(O)=C(C(=O)c4cc5ccccc5o4)C3c3ccco3)sc2c1. The first-order chi connectivity index (χ1) is 16.0. The number of nitrogens with zero attached hydrogens (tertiary/aromatic N) is 2. The zero-order chi connectivity index (χ0) is 22.7. The number of hydrogen-bond donors (Lipinski definition) is 1. The Balaban J connectivity index is 1.49. The number of rotatable bonds is 4. The number of aliphatic hydroxyl groups excluding tert-OH is 1. The van der Waals surface area contributed by atoms with Crippen molar-refractivity contribution in [1.29, 1.82) is 0 Å². The Bertz CT molecular complexity index is 1560. The van der Waals surface area contributed by atoms with Gasteiger partial charge in [-0.15, -0.1) is 0 Å². The zero-order valence-corrected chi connectivity index (χ0v) is 18.1. The van der Waals surface area contributed by atoms with Gasteiger partial charge in [0.25, 0.3) is 5.91 Å². The van der Waals surface area contributed by atoms with E-state index in [4.69, 9.17) is 8.83 Å². The number of carbonyl (C=O) groups excluding carboxylic acids is 2. The molecular weight excluding hydrogens is 440 g/mol. The third-order valence-corrected chi connectivity index (χ3v) is 6.67. The van der Waals surface area contributed by atoms with E-state index < -0.39 is 23.5 Å². The van der Waals surface area contributed by atoms with Crippen LogP contribution in [0.3, 0.4) is 0 Å². The zero-order valence-electron chi connectivity index (χ0n) is 17.3. The minimum Gasteiger partial charge on any atom is -0.503 e. The van der Waals surface area contributed by atoms with Crippen LogP contribution in [-0.4, -0.2) is 21.8 Å². The third-order valence-electron chi connectivity index (χ3n) is 5.65. The molecule has 1 amide bonds. The first-order valence-electron chi connectivity index (χ1n) is 10.2. The van der Waals surface area contributed by atoms with Crippen molar-refractivity contribution in [3.8, 4) is 0 Å². The van der Waals surface area contributed by atoms with E-state index in [1.807, 2.05) is 37.3 Å². The Labute approximate surface area is 191 Å². The van der Waals surface area contributed by atoms with Crippen molar-refractivity contribution in [1.82, 2.24) is 4.98 Å². The number of thiazole rings is 1. The Morgan fingerprint density at radius 1 is 1.12 bits per heavy atom. The predicted molar refractivity (Wildman–Crippen MR) is 123 cm³/mol. The number of aryl methyl sites for hydroxylation is 1. The monoisotopic (exact) mass is 456 g/mol. The highest BCUT2D eigenvalue weighted by Crippen LogP contribution is 2.44. The van der Waals surface area contributed by atoms with Crippen LogP contribution in [0.25, 0.3) is 21.2 Å². The number of amides is 1. The molecule has 1 aliphatic heterocycles. The quantitative estimate of drug-likeness (QED) is 0.347. The number of Topliss-reactive ketones (excluding diaryl/α,β-unsaturated/α-hetero) is 1. The van der Waals surface area contributed by atoms with Gasteiger partial charge >= 0.3 is 0 Å². The van der Waals surface area contributed by atoms with Crippen LogP contribution in [0.1, 0.15) is 27.9 Å². The molecule has 8 heteroatoms. The third kappa shape index (κ3) is 2.99. The minimum absolute atomic E-state index is 0.0314. The number of carbonyl (C=O) groups is 2. The highest BCUT2D eigenvalue weighted by molar-refractivity contribution is 7.22. The van der Waals surface area contributed by atoms with Crippen molar-refractivity contribution >= 4 is 49.3 Å². The maximum atomic E-state index is 13.5. The van der Waals surface area contributed by atoms with E-state index in [-0.39, 0.29) is 11.3 Å². The van der Waals surface area contributed by atoms with E-state index in [2.05, 4.69) is 4.98 Å². The van der Waals surface area contributed by atoms with E-state index in [1.54, 1.807) is 30.3 Å². The smallest absolute Gasteiger partial charge is 0.296 e. The number of aromatic nitrogens is 1. The van der Waals surface area contributed by atoms with Gasteiger partial charge in [-0.1, -0.05) is 35.6 Å². The van der Waals surface area contributed by atoms with Crippen LogP contribution in [0.2, 0.25) is 0 Å². The van der Waals surface area contributed by atoms with Crippen molar-refractivity contribution in [2.45, 2.75) is 13.0 Å². The second-order valence-electron chi connectivity index (χ2n) is 7.80. The molecule has 0 bridgehead atoms. The van der Waals surface area contributed by atoms with Gasteiger partial charge in [-0.2, -0.15) is 0 Å². The number of ketones is 1. The first kappa shape index (κ1) is 19.5. The van der Waals surface area contributed by atoms with Crippen molar-refractivity contribution in [3.05, 3.63) is 95.3 Å². The minimum atomic E-state index is -0.977. The molecular formula is C25H16N2O5S. The van der Waals surface area contributed by atoms with Gasteiger partial charge in [-0.3, -0.25) is 14.5 Å². The molecule has 0 spiro atoms. The second kappa shape index (κ2) is 7.18. The van der Waals surface area contributed by atoms with Gasteiger partial charge in [0.15, 0.2) is 16.7 Å². The molecule has 0 aliphatic carbocycles. The number of benzene rings is 2. The molecule has 162 valence electrons. The fourth-order valence-electron chi connectivity index (χ4n) is 4.10. The molecule has 2 aromatic carbocycles. The molecule has 1 unspecified atom stereocenters. The topological polar surface area (TPSA) is 96.8 Å². The fourth-order valence-corrected chi connectivity index (χ4v) is 5.19. The molecule has 0 radical (unpaired) electrons. The summed E-state index contributed by atoms with van der Waals surface area (Å²) in [4.78, 5) is 32.7. The van der Waals surface area contributed by atoms with Gasteiger partial charge in [0.1, 0.15) is 17.4 Å². The van der Waals surface area contributed by atoms with Gasteiger partial charge in [-0.25, -0.2) is 4.98 Å². The molecule has 6 rings (SSSR count). The summed E-state index contributed by atoms with van der Waals surface area (Å²) >= 11 is 1.31. The Hall–Kier alpha value is -4.17. The summed E-state index contributed by atoms with van der Waals surface area (Å²) in [6, 6.07) is 17.0. The van der Waals surface area contributed by atoms with Gasteiger partial charge in [0.2, 0.25) is 5.78 Å². The van der Waals surface area contributed by atoms with Gasteiger partial charge < -0.3 is 13.9 Å². The Kier molecular flexibility index (Phi) is 4.24. The number of anilines is 1. The number of hydrogen-bond acceptors (Lipinski definition) is 7. The molecule has 1 N–H and O–H groups in total. The summed E-state index contributed by atoms with van der Waals surface area (Å²) < 4.78 is 12.2. The van der Waals surface area contributed by atoms with Crippen LogP contribution >= 0.6 is 11.3 Å². The standard InChI is InChI=1S/C25H16N2O5S/c1-13-8-9-15-19(11-13)33-25(26-15)27-21(17-7-4-10-31-17)20(23(29)24(27)30)22(28)18-12-14-5-2-3-6-16(14)32-18/h2-12,21,29H,1H3. The van der Waals surface area contributed by atoms with E-state index in [0.717, 1.165) is 21.2 Å². The average Bonchev–Trinajstić information content (AvgIpc) is 3.59. The van der Waals surface area contributed by atoms with Crippen LogP contribution in [0.5, 0.6) is 0 Å². The van der Waals surface area contributed by atoms with Gasteiger partial charge in [-0.05, 0) is 48.9 Å². The van der Waals surface area contributed by atoms with Crippen LogP contribution in [0.4, 0.5) is 5.13 Å². The second-order valence-corrected chi connectivity index (χ2v) is 8.81. The molecule has 0 saturated carbocycles. The van der Waals surface area contributed by atoms with E-state index in [9.17, 15) is 14.7 Å². The molecule has 1 atom stereocenters. The largest absolute Gasteiger partial charge is 0.503 e. The predicted octanol–water partition coefficient (Wildman–Crippen LogP) is 5.73. The highest BCUT2D eigenvalue weighted by Gasteiger charge is 2.48. The van der Waals surface area contributed by atoms with Crippen LogP contribution in [0, 0.1) is 6.92 Å². The summed E-state index contributed by atoms with van der Waals surface area (Å²) in [5.41, 5.74) is 2.22. The first-order valence-corrected chi connectivity index (χ1v) is 11.0. The van der Waals surface area contributed by atoms with Crippen molar-refractivity contribution in [3.63, 3.8) is 0 Å². The maximum absolute atomic E-state index is 13.5. The maximum Gasteiger partial charge on any atom is 0.296 e. The molecule has 7 nitrogen and oxygen atoms in total. The molecule has 5 aromatic rings. The van der Waals surface area contributed by atoms with Crippen LogP contribution < -0.4 is 4.90 Å².